The van der Waals surface area contributed by atoms with Crippen LogP contribution in [0.3, 0.4) is 0 Å². The molecule has 1 aliphatic heterocycles. The fraction of sp³-hybridized carbons (Fsp3) is 0.500. The Bertz CT molecular complexity index is 568. The largest absolute Gasteiger partial charge is 0.351 e. The lowest BCUT2D eigenvalue weighted by Crippen LogP contribution is -2.34. The van der Waals surface area contributed by atoms with Crippen molar-refractivity contribution in [1.29, 1.82) is 0 Å². The zero-order chi connectivity index (χ0) is 13.3. The van der Waals surface area contributed by atoms with Crippen LogP contribution in [0, 0.1) is 0 Å². The molecule has 0 bridgehead atoms. The summed E-state index contributed by atoms with van der Waals surface area (Å²) in [5.74, 6) is -0.00718. The molecule has 1 N–H and O–H groups in total. The Morgan fingerprint density at radius 3 is 2.72 bits per heavy atom. The predicted molar refractivity (Wildman–Crippen MR) is 78.9 cm³/mol. The Balaban J connectivity index is 1.99. The highest BCUT2D eigenvalue weighted by Gasteiger charge is 2.31. The number of carbonyl (C=O) groups excluding carboxylic acids is 1. The van der Waals surface area contributed by atoms with Gasteiger partial charge in [0, 0.05) is 6.54 Å². The average Bonchev–Trinajstić information content (AvgIpc) is 2.78. The molecule has 2 heterocycles. The summed E-state index contributed by atoms with van der Waals surface area (Å²) in [6, 6.07) is 1.72. The van der Waals surface area contributed by atoms with Gasteiger partial charge >= 0.3 is 0 Å². The lowest BCUT2D eigenvalue weighted by Gasteiger charge is -2.10. The fourth-order valence-electron chi connectivity index (χ4n) is 1.88. The quantitative estimate of drug-likeness (QED) is 0.823. The van der Waals surface area contributed by atoms with Crippen LogP contribution in [0.15, 0.2) is 13.6 Å². The van der Waals surface area contributed by atoms with E-state index in [0.29, 0.717) is 18.4 Å². The number of halogens is 2. The smallest absolute Gasteiger partial charge is 0.253 e. The molecule has 1 fully saturated rings. The molecule has 18 heavy (non-hydrogen) atoms. The molecule has 1 aromatic heterocycles. The van der Waals surface area contributed by atoms with Crippen molar-refractivity contribution in [2.75, 3.05) is 12.3 Å². The Morgan fingerprint density at radius 2 is 2.22 bits per heavy atom. The van der Waals surface area contributed by atoms with Gasteiger partial charge in [-0.1, -0.05) is 0 Å². The molecule has 0 aliphatic carbocycles. The summed E-state index contributed by atoms with van der Waals surface area (Å²) < 4.78 is 24.8. The van der Waals surface area contributed by atoms with Crippen molar-refractivity contribution < 1.29 is 13.2 Å². The molecule has 1 atom stereocenters. The van der Waals surface area contributed by atoms with Gasteiger partial charge in [-0.05, 0) is 50.8 Å². The highest BCUT2D eigenvalue weighted by molar-refractivity contribution is 9.12. The van der Waals surface area contributed by atoms with Gasteiger partial charge in [0.25, 0.3) is 5.91 Å². The first-order valence-corrected chi connectivity index (χ1v) is 9.46. The van der Waals surface area contributed by atoms with E-state index in [1.54, 1.807) is 6.07 Å². The summed E-state index contributed by atoms with van der Waals surface area (Å²) in [7, 11) is -3.00. The van der Waals surface area contributed by atoms with Crippen LogP contribution in [0.4, 0.5) is 0 Å². The number of hydrogen-bond acceptors (Lipinski definition) is 4. The molecule has 100 valence electrons. The van der Waals surface area contributed by atoms with Gasteiger partial charge < -0.3 is 5.32 Å². The zero-order valence-corrected chi connectivity index (χ0v) is 14.1. The second-order valence-corrected chi connectivity index (χ2v) is 10.2. The third-order valence-corrected chi connectivity index (χ3v) is 7.47. The standard InChI is InChI=1S/C10H11Br2NO3S2/c11-8-4-7(9(12)17-8)10(14)13-5-6-2-1-3-18(6,15)16/h4,6H,1-3,5H2,(H,13,14). The minimum Gasteiger partial charge on any atom is -0.351 e. The molecular weight excluding hydrogens is 406 g/mol. The van der Waals surface area contributed by atoms with Crippen LogP contribution in [0.2, 0.25) is 0 Å². The van der Waals surface area contributed by atoms with Crippen molar-refractivity contribution in [2.45, 2.75) is 18.1 Å². The Kier molecular flexibility index (Phi) is 4.51. The maximum atomic E-state index is 11.9. The number of thiophene rings is 1. The Hall–Kier alpha value is 0.0800. The molecule has 1 saturated heterocycles. The molecule has 0 saturated carbocycles. The molecule has 1 aromatic rings. The summed E-state index contributed by atoms with van der Waals surface area (Å²) in [6.07, 6.45) is 1.33. The highest BCUT2D eigenvalue weighted by Crippen LogP contribution is 2.31. The molecule has 8 heteroatoms. The fourth-order valence-corrected chi connectivity index (χ4v) is 6.44. The van der Waals surface area contributed by atoms with Crippen molar-refractivity contribution in [2.24, 2.45) is 0 Å². The van der Waals surface area contributed by atoms with Crippen LogP contribution in [-0.4, -0.2) is 31.9 Å². The van der Waals surface area contributed by atoms with Crippen LogP contribution in [0.5, 0.6) is 0 Å². The van der Waals surface area contributed by atoms with Crippen LogP contribution < -0.4 is 5.32 Å². The monoisotopic (exact) mass is 415 g/mol. The normalized spacial score (nSPS) is 22.0. The summed E-state index contributed by atoms with van der Waals surface area (Å²) >= 11 is 8.01. The maximum absolute atomic E-state index is 11.9. The van der Waals surface area contributed by atoms with Crippen molar-refractivity contribution in [3.05, 3.63) is 19.2 Å². The second-order valence-electron chi connectivity index (χ2n) is 4.08. The molecule has 4 nitrogen and oxygen atoms in total. The lowest BCUT2D eigenvalue weighted by atomic mass is 10.2. The number of nitrogens with one attached hydrogen (secondary N) is 1. The molecular formula is C10H11Br2NO3S2. The second kappa shape index (κ2) is 5.60. The Labute approximate surface area is 126 Å². The van der Waals surface area contributed by atoms with Gasteiger partial charge in [0.1, 0.15) is 0 Å². The number of rotatable bonds is 3. The number of carbonyl (C=O) groups is 1. The van der Waals surface area contributed by atoms with Crippen LogP contribution in [0.1, 0.15) is 23.2 Å². The lowest BCUT2D eigenvalue weighted by molar-refractivity contribution is 0.0953. The van der Waals surface area contributed by atoms with Crippen LogP contribution >= 0.6 is 43.2 Å². The molecule has 2 rings (SSSR count). The molecule has 0 aromatic carbocycles. The van der Waals surface area contributed by atoms with E-state index in [1.807, 2.05) is 0 Å². The van der Waals surface area contributed by atoms with Gasteiger partial charge in [0.2, 0.25) is 0 Å². The van der Waals surface area contributed by atoms with E-state index in [0.717, 1.165) is 7.57 Å². The number of sulfone groups is 1. The van der Waals surface area contributed by atoms with Crippen molar-refractivity contribution in [3.63, 3.8) is 0 Å². The SMILES string of the molecule is O=C(NCC1CCCS1(=O)=O)c1cc(Br)sc1Br. The first-order valence-electron chi connectivity index (χ1n) is 5.35. The van der Waals surface area contributed by atoms with Crippen molar-refractivity contribution in [3.8, 4) is 0 Å². The van der Waals surface area contributed by atoms with Crippen LogP contribution in [0.25, 0.3) is 0 Å². The topological polar surface area (TPSA) is 63.2 Å². The minimum absolute atomic E-state index is 0.196. The summed E-state index contributed by atoms with van der Waals surface area (Å²) in [5.41, 5.74) is 0.530. The molecule has 1 amide bonds. The van der Waals surface area contributed by atoms with Gasteiger partial charge in [-0.15, -0.1) is 11.3 Å². The first kappa shape index (κ1) is 14.5. The summed E-state index contributed by atoms with van der Waals surface area (Å²) in [6.45, 7) is 0.196. The molecule has 0 spiro atoms. The highest BCUT2D eigenvalue weighted by atomic mass is 79.9. The molecule has 0 radical (unpaired) electrons. The predicted octanol–water partition coefficient (Wildman–Crippen LogP) is 2.58. The van der Waals surface area contributed by atoms with Gasteiger partial charge in [-0.25, -0.2) is 8.42 Å². The van der Waals surface area contributed by atoms with E-state index in [-0.39, 0.29) is 18.2 Å². The summed E-state index contributed by atoms with van der Waals surface area (Å²) in [5, 5.41) is 2.26. The first-order chi connectivity index (χ1) is 8.40. The maximum Gasteiger partial charge on any atom is 0.253 e. The van der Waals surface area contributed by atoms with Gasteiger partial charge in [0.15, 0.2) is 9.84 Å². The van der Waals surface area contributed by atoms with E-state index < -0.39 is 15.1 Å². The van der Waals surface area contributed by atoms with E-state index in [4.69, 9.17) is 0 Å². The summed E-state index contributed by atoms with van der Waals surface area (Å²) in [4.78, 5) is 11.9. The van der Waals surface area contributed by atoms with E-state index in [9.17, 15) is 13.2 Å². The molecule has 1 unspecified atom stereocenters. The van der Waals surface area contributed by atoms with Crippen molar-refractivity contribution >= 4 is 58.9 Å². The minimum atomic E-state index is -3.00. The molecule has 1 aliphatic rings. The van der Waals surface area contributed by atoms with Crippen LogP contribution in [-0.2, 0) is 9.84 Å². The van der Waals surface area contributed by atoms with E-state index in [1.165, 1.54) is 11.3 Å². The van der Waals surface area contributed by atoms with E-state index in [2.05, 4.69) is 37.2 Å². The van der Waals surface area contributed by atoms with Gasteiger partial charge in [-0.2, -0.15) is 0 Å². The Morgan fingerprint density at radius 1 is 1.50 bits per heavy atom. The third-order valence-electron chi connectivity index (χ3n) is 2.85. The van der Waals surface area contributed by atoms with E-state index >= 15 is 0 Å². The van der Waals surface area contributed by atoms with Crippen molar-refractivity contribution in [1.82, 2.24) is 5.32 Å². The zero-order valence-electron chi connectivity index (χ0n) is 9.28. The van der Waals surface area contributed by atoms with Gasteiger partial charge in [-0.3, -0.25) is 4.79 Å². The van der Waals surface area contributed by atoms with Gasteiger partial charge in [0.05, 0.1) is 24.1 Å². The average molecular weight is 417 g/mol. The number of hydrogen-bond donors (Lipinski definition) is 1. The third kappa shape index (κ3) is 3.15. The number of amides is 1.